The van der Waals surface area contributed by atoms with Crippen molar-refractivity contribution in [2.45, 2.75) is 20.8 Å². The highest BCUT2D eigenvalue weighted by Gasteiger charge is 2.37. The molecule has 2 rings (SSSR count). The summed E-state index contributed by atoms with van der Waals surface area (Å²) in [7, 11) is 0. The molecule has 1 aliphatic heterocycles. The summed E-state index contributed by atoms with van der Waals surface area (Å²) in [6.07, 6.45) is 0. The van der Waals surface area contributed by atoms with Gasteiger partial charge in [0.15, 0.2) is 5.78 Å². The van der Waals surface area contributed by atoms with Crippen molar-refractivity contribution < 1.29 is 19.5 Å². The van der Waals surface area contributed by atoms with Crippen LogP contribution in [0.4, 0.5) is 0 Å². The number of aryl methyl sites for hydroxylation is 1. The largest absolute Gasteiger partial charge is 0.481 e. The molecular formula is C16H19NO4. The molecule has 1 N–H and O–H groups in total. The number of ketones is 1. The number of carbonyl (C=O) groups is 3. The van der Waals surface area contributed by atoms with Crippen molar-refractivity contribution in [1.82, 2.24) is 4.90 Å². The van der Waals surface area contributed by atoms with Gasteiger partial charge in [0.05, 0.1) is 5.92 Å². The summed E-state index contributed by atoms with van der Waals surface area (Å²) < 4.78 is 0. The predicted octanol–water partition coefficient (Wildman–Crippen LogP) is 1.99. The fourth-order valence-electron chi connectivity index (χ4n) is 2.77. The topological polar surface area (TPSA) is 74.7 Å². The first-order valence-electron chi connectivity index (χ1n) is 6.95. The minimum Gasteiger partial charge on any atom is -0.481 e. The van der Waals surface area contributed by atoms with E-state index in [0.717, 1.165) is 5.56 Å². The number of hydrogen-bond acceptors (Lipinski definition) is 3. The molecule has 1 amide bonds. The quantitative estimate of drug-likeness (QED) is 0.863. The van der Waals surface area contributed by atoms with Crippen LogP contribution in [0.1, 0.15) is 40.1 Å². The third kappa shape index (κ3) is 2.96. The second-order valence-corrected chi connectivity index (χ2v) is 5.72. The SMILES string of the molecule is CC(=O)c1cc(C(=O)N2C[C@@H](C)[C@H](C(=O)O)C2)ccc1C. The zero-order valence-electron chi connectivity index (χ0n) is 12.4. The Morgan fingerprint density at radius 3 is 2.43 bits per heavy atom. The van der Waals surface area contributed by atoms with Crippen molar-refractivity contribution in [2.75, 3.05) is 13.1 Å². The molecule has 112 valence electrons. The molecule has 0 saturated carbocycles. The molecule has 1 aromatic carbocycles. The normalized spacial score (nSPS) is 21.4. The molecule has 1 aromatic rings. The average Bonchev–Trinajstić information content (AvgIpc) is 2.80. The number of carboxylic acids is 1. The van der Waals surface area contributed by atoms with E-state index in [0.29, 0.717) is 17.7 Å². The van der Waals surface area contributed by atoms with Crippen molar-refractivity contribution in [2.24, 2.45) is 11.8 Å². The van der Waals surface area contributed by atoms with Crippen LogP contribution in [0.3, 0.4) is 0 Å². The van der Waals surface area contributed by atoms with Crippen LogP contribution in [0.5, 0.6) is 0 Å². The highest BCUT2D eigenvalue weighted by atomic mass is 16.4. The highest BCUT2D eigenvalue weighted by molar-refractivity contribution is 6.00. The lowest BCUT2D eigenvalue weighted by Crippen LogP contribution is -2.30. The van der Waals surface area contributed by atoms with Gasteiger partial charge < -0.3 is 10.0 Å². The molecule has 0 unspecified atom stereocenters. The van der Waals surface area contributed by atoms with Crippen LogP contribution in [0.25, 0.3) is 0 Å². The van der Waals surface area contributed by atoms with Gasteiger partial charge in [0.2, 0.25) is 0 Å². The molecule has 0 aromatic heterocycles. The van der Waals surface area contributed by atoms with Gasteiger partial charge in [-0.3, -0.25) is 14.4 Å². The molecular weight excluding hydrogens is 270 g/mol. The van der Waals surface area contributed by atoms with E-state index in [1.807, 2.05) is 13.8 Å². The Kier molecular flexibility index (Phi) is 4.11. The third-order valence-electron chi connectivity index (χ3n) is 4.08. The van der Waals surface area contributed by atoms with Crippen LogP contribution in [-0.4, -0.2) is 40.8 Å². The van der Waals surface area contributed by atoms with Gasteiger partial charge in [-0.25, -0.2) is 0 Å². The number of nitrogens with zero attached hydrogens (tertiary/aromatic N) is 1. The summed E-state index contributed by atoms with van der Waals surface area (Å²) in [6.45, 7) is 5.78. The molecule has 21 heavy (non-hydrogen) atoms. The first-order valence-corrected chi connectivity index (χ1v) is 6.95. The van der Waals surface area contributed by atoms with Crippen LogP contribution in [-0.2, 0) is 4.79 Å². The number of hydrogen-bond donors (Lipinski definition) is 1. The Hall–Kier alpha value is -2.17. The predicted molar refractivity (Wildman–Crippen MR) is 77.4 cm³/mol. The number of rotatable bonds is 3. The van der Waals surface area contributed by atoms with Gasteiger partial charge >= 0.3 is 5.97 Å². The van der Waals surface area contributed by atoms with Crippen molar-refractivity contribution in [1.29, 1.82) is 0 Å². The second kappa shape index (κ2) is 5.68. The third-order valence-corrected chi connectivity index (χ3v) is 4.08. The lowest BCUT2D eigenvalue weighted by Gasteiger charge is -2.16. The molecule has 1 aliphatic rings. The van der Waals surface area contributed by atoms with Crippen LogP contribution < -0.4 is 0 Å². The average molecular weight is 289 g/mol. The summed E-state index contributed by atoms with van der Waals surface area (Å²) in [6, 6.07) is 5.03. The van der Waals surface area contributed by atoms with Crippen molar-refractivity contribution in [3.63, 3.8) is 0 Å². The molecule has 5 nitrogen and oxygen atoms in total. The number of carbonyl (C=O) groups excluding carboxylic acids is 2. The first kappa shape index (κ1) is 15.2. The van der Waals surface area contributed by atoms with Gasteiger partial charge in [-0.2, -0.15) is 0 Å². The second-order valence-electron chi connectivity index (χ2n) is 5.72. The van der Waals surface area contributed by atoms with Crippen LogP contribution in [0.2, 0.25) is 0 Å². The van der Waals surface area contributed by atoms with Gasteiger partial charge in [-0.05, 0) is 37.5 Å². The number of benzene rings is 1. The number of carboxylic acid groups (broad SMARTS) is 1. The zero-order valence-corrected chi connectivity index (χ0v) is 12.4. The molecule has 1 fully saturated rings. The molecule has 0 aliphatic carbocycles. The minimum absolute atomic E-state index is 0.0656. The Morgan fingerprint density at radius 2 is 1.90 bits per heavy atom. The van der Waals surface area contributed by atoms with Crippen molar-refractivity contribution in [3.8, 4) is 0 Å². The number of Topliss-reactive ketones (excluding diaryl/α,β-unsaturated/α-hetero) is 1. The van der Waals surface area contributed by atoms with Gasteiger partial charge in [-0.15, -0.1) is 0 Å². The lowest BCUT2D eigenvalue weighted by molar-refractivity contribution is -0.142. The number of amides is 1. The van der Waals surface area contributed by atoms with E-state index in [-0.39, 0.29) is 24.2 Å². The molecule has 0 radical (unpaired) electrons. The molecule has 1 saturated heterocycles. The highest BCUT2D eigenvalue weighted by Crippen LogP contribution is 2.25. The van der Waals surface area contributed by atoms with E-state index in [9.17, 15) is 14.4 Å². The maximum atomic E-state index is 12.5. The standard InChI is InChI=1S/C16H19NO4/c1-9-4-5-12(6-13(9)11(3)18)15(19)17-7-10(2)14(8-17)16(20)21/h4-6,10,14H,7-8H2,1-3H3,(H,20,21)/t10-,14-/m1/s1. The minimum atomic E-state index is -0.869. The summed E-state index contributed by atoms with van der Waals surface area (Å²) in [4.78, 5) is 36.7. The van der Waals surface area contributed by atoms with Gasteiger partial charge in [0, 0.05) is 24.2 Å². The fourth-order valence-corrected chi connectivity index (χ4v) is 2.77. The smallest absolute Gasteiger partial charge is 0.308 e. The van der Waals surface area contributed by atoms with Crippen LogP contribution >= 0.6 is 0 Å². The van der Waals surface area contributed by atoms with Gasteiger partial charge in [-0.1, -0.05) is 13.0 Å². The molecule has 2 atom stereocenters. The van der Waals surface area contributed by atoms with E-state index in [4.69, 9.17) is 5.11 Å². The fraction of sp³-hybridized carbons (Fsp3) is 0.438. The van der Waals surface area contributed by atoms with Crippen molar-refractivity contribution in [3.05, 3.63) is 34.9 Å². The molecule has 0 bridgehead atoms. The van der Waals surface area contributed by atoms with E-state index in [1.54, 1.807) is 23.1 Å². The van der Waals surface area contributed by atoms with E-state index in [1.165, 1.54) is 6.92 Å². The van der Waals surface area contributed by atoms with Gasteiger partial charge in [0.25, 0.3) is 5.91 Å². The summed E-state index contributed by atoms with van der Waals surface area (Å²) in [5.41, 5.74) is 1.80. The Balaban J connectivity index is 2.24. The van der Waals surface area contributed by atoms with Crippen molar-refractivity contribution >= 4 is 17.7 Å². The number of likely N-dealkylation sites (tertiary alicyclic amines) is 1. The Labute approximate surface area is 123 Å². The summed E-state index contributed by atoms with van der Waals surface area (Å²) in [5.74, 6) is -1.75. The maximum absolute atomic E-state index is 12.5. The number of aliphatic carboxylic acids is 1. The maximum Gasteiger partial charge on any atom is 0.308 e. The lowest BCUT2D eigenvalue weighted by atomic mass is 9.99. The zero-order chi connectivity index (χ0) is 15.7. The summed E-state index contributed by atoms with van der Waals surface area (Å²) in [5, 5.41) is 9.12. The Bertz CT molecular complexity index is 608. The first-order chi connectivity index (χ1) is 9.81. The Morgan fingerprint density at radius 1 is 1.24 bits per heavy atom. The van der Waals surface area contributed by atoms with Crippen LogP contribution in [0.15, 0.2) is 18.2 Å². The van der Waals surface area contributed by atoms with Gasteiger partial charge in [0.1, 0.15) is 0 Å². The summed E-state index contributed by atoms with van der Waals surface area (Å²) >= 11 is 0. The molecule has 5 heteroatoms. The van der Waals surface area contributed by atoms with E-state index in [2.05, 4.69) is 0 Å². The molecule has 0 spiro atoms. The molecule has 1 heterocycles. The van der Waals surface area contributed by atoms with E-state index >= 15 is 0 Å². The monoisotopic (exact) mass is 289 g/mol. The van der Waals surface area contributed by atoms with E-state index < -0.39 is 11.9 Å². The van der Waals surface area contributed by atoms with Crippen LogP contribution in [0, 0.1) is 18.8 Å².